The monoisotopic (exact) mass is 235 g/mol. The summed E-state index contributed by atoms with van der Waals surface area (Å²) in [6, 6.07) is 3.54. The van der Waals surface area contributed by atoms with Crippen molar-refractivity contribution in [1.82, 2.24) is 9.88 Å². The maximum absolute atomic E-state index is 9.77. The van der Waals surface area contributed by atoms with Gasteiger partial charge in [0, 0.05) is 18.8 Å². The van der Waals surface area contributed by atoms with Crippen LogP contribution < -0.4 is 5.73 Å². The Morgan fingerprint density at radius 2 is 2.29 bits per heavy atom. The van der Waals surface area contributed by atoms with Crippen LogP contribution >= 0.6 is 0 Å². The maximum Gasteiger partial charge on any atom is 0.138 e. The number of hydrogen-bond acceptors (Lipinski definition) is 4. The van der Waals surface area contributed by atoms with Crippen molar-refractivity contribution in [3.05, 3.63) is 23.5 Å². The van der Waals surface area contributed by atoms with Gasteiger partial charge in [-0.2, -0.15) is 0 Å². The molecule has 4 heteroatoms. The quantitative estimate of drug-likeness (QED) is 0.828. The van der Waals surface area contributed by atoms with Gasteiger partial charge in [-0.3, -0.25) is 9.88 Å². The summed E-state index contributed by atoms with van der Waals surface area (Å²) in [5.41, 5.74) is 7.72. The number of aryl methyl sites for hydroxylation is 1. The standard InChI is InChI=1S/C13H21N3O/c1-10-3-4-12(17)11(15-10)7-16-6-5-13(2,8-14)9-16/h3-4,17H,5-9,14H2,1-2H3. The van der Waals surface area contributed by atoms with Crippen LogP contribution in [0.1, 0.15) is 24.7 Å². The molecule has 0 aliphatic carbocycles. The number of nitrogens with zero attached hydrogens (tertiary/aromatic N) is 2. The topological polar surface area (TPSA) is 62.4 Å². The van der Waals surface area contributed by atoms with E-state index in [0.717, 1.165) is 37.4 Å². The van der Waals surface area contributed by atoms with E-state index in [9.17, 15) is 5.11 Å². The van der Waals surface area contributed by atoms with Crippen molar-refractivity contribution in [3.63, 3.8) is 0 Å². The number of rotatable bonds is 3. The summed E-state index contributed by atoms with van der Waals surface area (Å²) in [4.78, 5) is 6.70. The molecule has 2 heterocycles. The van der Waals surface area contributed by atoms with Crippen LogP contribution in [-0.2, 0) is 6.54 Å². The maximum atomic E-state index is 9.77. The van der Waals surface area contributed by atoms with Crippen LogP contribution in [0.15, 0.2) is 12.1 Å². The van der Waals surface area contributed by atoms with Crippen molar-refractivity contribution < 1.29 is 5.11 Å². The second-order valence-electron chi connectivity index (χ2n) is 5.39. The smallest absolute Gasteiger partial charge is 0.138 e. The lowest BCUT2D eigenvalue weighted by molar-refractivity contribution is 0.268. The van der Waals surface area contributed by atoms with E-state index in [2.05, 4.69) is 16.8 Å². The van der Waals surface area contributed by atoms with Crippen molar-refractivity contribution in [2.45, 2.75) is 26.8 Å². The fourth-order valence-electron chi connectivity index (χ4n) is 2.36. The van der Waals surface area contributed by atoms with E-state index in [0.29, 0.717) is 6.54 Å². The lowest BCUT2D eigenvalue weighted by Crippen LogP contribution is -2.31. The molecule has 1 atom stereocenters. The molecule has 94 valence electrons. The van der Waals surface area contributed by atoms with Gasteiger partial charge in [-0.15, -0.1) is 0 Å². The third-order valence-electron chi connectivity index (χ3n) is 3.59. The van der Waals surface area contributed by atoms with Crippen molar-refractivity contribution >= 4 is 0 Å². The van der Waals surface area contributed by atoms with Crippen molar-refractivity contribution in [2.24, 2.45) is 11.1 Å². The van der Waals surface area contributed by atoms with Crippen LogP contribution in [0.3, 0.4) is 0 Å². The first kappa shape index (κ1) is 12.3. The Bertz CT molecular complexity index is 408. The molecule has 1 aliphatic rings. The fraction of sp³-hybridized carbons (Fsp3) is 0.615. The summed E-state index contributed by atoms with van der Waals surface area (Å²) >= 11 is 0. The Balaban J connectivity index is 2.05. The van der Waals surface area contributed by atoms with Gasteiger partial charge >= 0.3 is 0 Å². The van der Waals surface area contributed by atoms with Crippen molar-refractivity contribution in [2.75, 3.05) is 19.6 Å². The zero-order valence-corrected chi connectivity index (χ0v) is 10.6. The summed E-state index contributed by atoms with van der Waals surface area (Å²) in [5, 5.41) is 9.77. The van der Waals surface area contributed by atoms with Crippen LogP contribution in [0.5, 0.6) is 5.75 Å². The minimum atomic E-state index is 0.222. The van der Waals surface area contributed by atoms with Crippen LogP contribution in [-0.4, -0.2) is 34.6 Å². The predicted octanol–water partition coefficient (Wildman–Crippen LogP) is 1.27. The molecule has 1 aromatic rings. The van der Waals surface area contributed by atoms with Crippen LogP contribution in [0.2, 0.25) is 0 Å². The number of pyridine rings is 1. The van der Waals surface area contributed by atoms with E-state index in [4.69, 9.17) is 5.73 Å². The van der Waals surface area contributed by atoms with Gasteiger partial charge in [0.05, 0.1) is 5.69 Å². The third kappa shape index (κ3) is 2.76. The predicted molar refractivity (Wildman–Crippen MR) is 67.7 cm³/mol. The minimum Gasteiger partial charge on any atom is -0.506 e. The normalized spacial score (nSPS) is 25.4. The minimum absolute atomic E-state index is 0.222. The lowest BCUT2D eigenvalue weighted by Gasteiger charge is -2.22. The van der Waals surface area contributed by atoms with Gasteiger partial charge in [0.2, 0.25) is 0 Å². The summed E-state index contributed by atoms with van der Waals surface area (Å²) in [6.45, 7) is 7.61. The average molecular weight is 235 g/mol. The zero-order valence-electron chi connectivity index (χ0n) is 10.6. The number of likely N-dealkylation sites (tertiary alicyclic amines) is 1. The molecule has 0 amide bonds. The number of aromatic nitrogens is 1. The largest absolute Gasteiger partial charge is 0.506 e. The molecular formula is C13H21N3O. The van der Waals surface area contributed by atoms with Gasteiger partial charge in [-0.1, -0.05) is 6.92 Å². The SMILES string of the molecule is Cc1ccc(O)c(CN2CCC(C)(CN)C2)n1. The molecular weight excluding hydrogens is 214 g/mol. The van der Waals surface area contributed by atoms with Gasteiger partial charge in [-0.25, -0.2) is 0 Å². The van der Waals surface area contributed by atoms with Crippen LogP contribution in [0.25, 0.3) is 0 Å². The number of nitrogens with two attached hydrogens (primary N) is 1. The highest BCUT2D eigenvalue weighted by molar-refractivity contribution is 5.27. The molecule has 0 spiro atoms. The molecule has 1 aromatic heterocycles. The first-order valence-electron chi connectivity index (χ1n) is 6.10. The Labute approximate surface area is 102 Å². The molecule has 4 nitrogen and oxygen atoms in total. The fourth-order valence-corrected chi connectivity index (χ4v) is 2.36. The summed E-state index contributed by atoms with van der Waals surface area (Å²) in [7, 11) is 0. The van der Waals surface area contributed by atoms with Gasteiger partial charge in [0.1, 0.15) is 5.75 Å². The zero-order chi connectivity index (χ0) is 12.5. The van der Waals surface area contributed by atoms with Gasteiger partial charge in [0.15, 0.2) is 0 Å². The molecule has 3 N–H and O–H groups in total. The van der Waals surface area contributed by atoms with E-state index in [-0.39, 0.29) is 11.2 Å². The number of aromatic hydroxyl groups is 1. The summed E-state index contributed by atoms with van der Waals surface area (Å²) in [5.74, 6) is 0.289. The first-order valence-corrected chi connectivity index (χ1v) is 6.10. The molecule has 17 heavy (non-hydrogen) atoms. The highest BCUT2D eigenvalue weighted by atomic mass is 16.3. The molecule has 1 aliphatic heterocycles. The van der Waals surface area contributed by atoms with E-state index in [1.807, 2.05) is 13.0 Å². The molecule has 1 fully saturated rings. The molecule has 2 rings (SSSR count). The van der Waals surface area contributed by atoms with Crippen LogP contribution in [0, 0.1) is 12.3 Å². The average Bonchev–Trinajstić information content (AvgIpc) is 2.67. The van der Waals surface area contributed by atoms with Crippen LogP contribution in [0.4, 0.5) is 0 Å². The molecule has 0 bridgehead atoms. The molecule has 0 radical (unpaired) electrons. The van der Waals surface area contributed by atoms with Crippen molar-refractivity contribution in [1.29, 1.82) is 0 Å². The highest BCUT2D eigenvalue weighted by Gasteiger charge is 2.32. The van der Waals surface area contributed by atoms with Gasteiger partial charge in [-0.05, 0) is 44.0 Å². The third-order valence-corrected chi connectivity index (χ3v) is 3.59. The Morgan fingerprint density at radius 3 is 2.94 bits per heavy atom. The molecule has 1 saturated heterocycles. The van der Waals surface area contributed by atoms with E-state index in [1.165, 1.54) is 0 Å². The molecule has 0 saturated carbocycles. The molecule has 1 unspecified atom stereocenters. The summed E-state index contributed by atoms with van der Waals surface area (Å²) < 4.78 is 0. The second kappa shape index (κ2) is 4.63. The Morgan fingerprint density at radius 1 is 1.53 bits per heavy atom. The van der Waals surface area contributed by atoms with Gasteiger partial charge in [0.25, 0.3) is 0 Å². The van der Waals surface area contributed by atoms with Crippen molar-refractivity contribution in [3.8, 4) is 5.75 Å². The second-order valence-corrected chi connectivity index (χ2v) is 5.39. The van der Waals surface area contributed by atoms with E-state index < -0.39 is 0 Å². The molecule has 0 aromatic carbocycles. The summed E-state index contributed by atoms with van der Waals surface area (Å²) in [6.07, 6.45) is 1.12. The Hall–Kier alpha value is -1.13. The highest BCUT2D eigenvalue weighted by Crippen LogP contribution is 2.30. The number of hydrogen-bond donors (Lipinski definition) is 2. The van der Waals surface area contributed by atoms with Gasteiger partial charge < -0.3 is 10.8 Å². The first-order chi connectivity index (χ1) is 8.02. The van der Waals surface area contributed by atoms with E-state index >= 15 is 0 Å². The Kier molecular flexibility index (Phi) is 3.35. The van der Waals surface area contributed by atoms with E-state index in [1.54, 1.807) is 6.07 Å². The lowest BCUT2D eigenvalue weighted by atomic mass is 9.90.